The molecule has 3 aromatic rings. The van der Waals surface area contributed by atoms with E-state index in [2.05, 4.69) is 15.5 Å². The summed E-state index contributed by atoms with van der Waals surface area (Å²) in [5.74, 6) is -0.559. The number of aromatic nitrogens is 2. The Labute approximate surface area is 129 Å². The average Bonchev–Trinajstić information content (AvgIpc) is 2.57. The van der Waals surface area contributed by atoms with Gasteiger partial charge in [-0.05, 0) is 30.3 Å². The van der Waals surface area contributed by atoms with Gasteiger partial charge in [-0.3, -0.25) is 4.79 Å². The third-order valence-electron chi connectivity index (χ3n) is 3.07. The standard InChI is InChI=1S/C16H11F2N3O2/c17-14(18)15(22)20-11-5-7-12(8-6-11)23-16-13-4-2-1-3-10(13)9-19-21-16/h1-9,14H,(H,20,22). The number of ether oxygens (including phenoxy) is 1. The smallest absolute Gasteiger partial charge is 0.315 e. The summed E-state index contributed by atoms with van der Waals surface area (Å²) in [7, 11) is 0. The van der Waals surface area contributed by atoms with Crippen molar-refractivity contribution in [3.8, 4) is 11.6 Å². The Morgan fingerprint density at radius 3 is 2.57 bits per heavy atom. The van der Waals surface area contributed by atoms with Gasteiger partial charge in [0.1, 0.15) is 5.75 Å². The number of anilines is 1. The van der Waals surface area contributed by atoms with Crippen molar-refractivity contribution in [1.82, 2.24) is 10.2 Å². The summed E-state index contributed by atoms with van der Waals surface area (Å²) in [6.07, 6.45) is -1.43. The van der Waals surface area contributed by atoms with Crippen molar-refractivity contribution < 1.29 is 18.3 Å². The van der Waals surface area contributed by atoms with Crippen LogP contribution in [0.25, 0.3) is 10.8 Å². The summed E-state index contributed by atoms with van der Waals surface area (Å²) in [6.45, 7) is 0. The van der Waals surface area contributed by atoms with Crippen LogP contribution in [0, 0.1) is 0 Å². The summed E-state index contributed by atoms with van der Waals surface area (Å²) >= 11 is 0. The molecule has 0 saturated heterocycles. The van der Waals surface area contributed by atoms with Crippen LogP contribution in [0.3, 0.4) is 0 Å². The highest BCUT2D eigenvalue weighted by Gasteiger charge is 2.14. The highest BCUT2D eigenvalue weighted by Crippen LogP contribution is 2.27. The molecule has 0 aliphatic heterocycles. The Bertz CT molecular complexity index is 833. The second-order valence-corrected chi connectivity index (χ2v) is 4.65. The number of hydrogen-bond donors (Lipinski definition) is 1. The van der Waals surface area contributed by atoms with Crippen molar-refractivity contribution in [1.29, 1.82) is 0 Å². The molecule has 0 atom stereocenters. The predicted molar refractivity (Wildman–Crippen MR) is 80.7 cm³/mol. The van der Waals surface area contributed by atoms with E-state index in [0.717, 1.165) is 10.8 Å². The molecule has 0 fully saturated rings. The van der Waals surface area contributed by atoms with E-state index in [1.807, 2.05) is 24.3 Å². The summed E-state index contributed by atoms with van der Waals surface area (Å²) in [5, 5.41) is 11.6. The average molecular weight is 315 g/mol. The van der Waals surface area contributed by atoms with E-state index in [-0.39, 0.29) is 5.69 Å². The van der Waals surface area contributed by atoms with Crippen LogP contribution < -0.4 is 10.1 Å². The molecular formula is C16H11F2N3O2. The van der Waals surface area contributed by atoms with Gasteiger partial charge in [-0.15, -0.1) is 5.10 Å². The van der Waals surface area contributed by atoms with Crippen molar-refractivity contribution in [3.63, 3.8) is 0 Å². The highest BCUT2D eigenvalue weighted by atomic mass is 19.3. The number of amides is 1. The number of halogens is 2. The minimum Gasteiger partial charge on any atom is -0.437 e. The molecular weight excluding hydrogens is 304 g/mol. The molecule has 0 spiro atoms. The van der Waals surface area contributed by atoms with Gasteiger partial charge in [0.2, 0.25) is 5.88 Å². The van der Waals surface area contributed by atoms with Crippen LogP contribution in [-0.4, -0.2) is 22.5 Å². The minimum atomic E-state index is -3.06. The van der Waals surface area contributed by atoms with E-state index in [1.54, 1.807) is 18.3 Å². The molecule has 0 aliphatic carbocycles. The molecule has 1 amide bonds. The Kier molecular flexibility index (Phi) is 4.09. The third kappa shape index (κ3) is 3.39. The number of fused-ring (bicyclic) bond motifs is 1. The fraction of sp³-hybridized carbons (Fsp3) is 0.0625. The molecule has 1 N–H and O–H groups in total. The van der Waals surface area contributed by atoms with E-state index in [1.165, 1.54) is 12.1 Å². The van der Waals surface area contributed by atoms with E-state index >= 15 is 0 Å². The zero-order valence-corrected chi connectivity index (χ0v) is 11.7. The van der Waals surface area contributed by atoms with E-state index in [4.69, 9.17) is 4.74 Å². The van der Waals surface area contributed by atoms with Crippen LogP contribution in [0.15, 0.2) is 54.7 Å². The molecule has 116 valence electrons. The SMILES string of the molecule is O=C(Nc1ccc(Oc2nncc3ccccc23)cc1)C(F)F. The van der Waals surface area contributed by atoms with Crippen LogP contribution in [0.1, 0.15) is 0 Å². The second-order valence-electron chi connectivity index (χ2n) is 4.65. The van der Waals surface area contributed by atoms with Gasteiger partial charge in [-0.2, -0.15) is 13.9 Å². The molecule has 0 aliphatic rings. The van der Waals surface area contributed by atoms with Crippen LogP contribution in [-0.2, 0) is 4.79 Å². The Balaban J connectivity index is 1.79. The van der Waals surface area contributed by atoms with Crippen LogP contribution in [0.4, 0.5) is 14.5 Å². The first-order valence-corrected chi connectivity index (χ1v) is 6.71. The molecule has 0 unspecified atom stereocenters. The first-order chi connectivity index (χ1) is 11.1. The topological polar surface area (TPSA) is 64.1 Å². The maximum absolute atomic E-state index is 12.2. The summed E-state index contributed by atoms with van der Waals surface area (Å²) in [5.41, 5.74) is 0.256. The number of nitrogens with one attached hydrogen (secondary N) is 1. The Morgan fingerprint density at radius 2 is 1.83 bits per heavy atom. The van der Waals surface area contributed by atoms with Gasteiger partial charge < -0.3 is 10.1 Å². The summed E-state index contributed by atoms with van der Waals surface area (Å²) < 4.78 is 30.0. The van der Waals surface area contributed by atoms with Gasteiger partial charge in [0, 0.05) is 16.5 Å². The first kappa shape index (κ1) is 14.8. The van der Waals surface area contributed by atoms with Crippen molar-refractivity contribution >= 4 is 22.4 Å². The lowest BCUT2D eigenvalue weighted by atomic mass is 10.2. The number of hydrogen-bond acceptors (Lipinski definition) is 4. The van der Waals surface area contributed by atoms with Crippen molar-refractivity contribution in [2.75, 3.05) is 5.32 Å². The van der Waals surface area contributed by atoms with Gasteiger partial charge in [0.25, 0.3) is 5.91 Å². The van der Waals surface area contributed by atoms with Crippen molar-refractivity contribution in [2.45, 2.75) is 6.43 Å². The number of carbonyl (C=O) groups excluding carboxylic acids is 1. The zero-order chi connectivity index (χ0) is 16.2. The Morgan fingerprint density at radius 1 is 1.09 bits per heavy atom. The lowest BCUT2D eigenvalue weighted by Crippen LogP contribution is -2.19. The summed E-state index contributed by atoms with van der Waals surface area (Å²) in [6, 6.07) is 13.5. The number of rotatable bonds is 4. The number of benzene rings is 2. The van der Waals surface area contributed by atoms with Crippen LogP contribution in [0.5, 0.6) is 11.6 Å². The fourth-order valence-electron chi connectivity index (χ4n) is 1.99. The molecule has 23 heavy (non-hydrogen) atoms. The zero-order valence-electron chi connectivity index (χ0n) is 11.7. The maximum atomic E-state index is 12.2. The van der Waals surface area contributed by atoms with Gasteiger partial charge >= 0.3 is 6.43 Å². The number of alkyl halides is 2. The molecule has 5 nitrogen and oxygen atoms in total. The molecule has 3 rings (SSSR count). The van der Waals surface area contributed by atoms with Crippen LogP contribution in [0.2, 0.25) is 0 Å². The van der Waals surface area contributed by atoms with Gasteiger partial charge in [0.05, 0.1) is 6.20 Å². The number of carbonyl (C=O) groups is 1. The molecule has 7 heteroatoms. The van der Waals surface area contributed by atoms with Crippen LogP contribution >= 0.6 is 0 Å². The van der Waals surface area contributed by atoms with Crippen molar-refractivity contribution in [3.05, 3.63) is 54.7 Å². The fourth-order valence-corrected chi connectivity index (χ4v) is 1.99. The second kappa shape index (κ2) is 6.35. The summed E-state index contributed by atoms with van der Waals surface area (Å²) in [4.78, 5) is 10.9. The maximum Gasteiger partial charge on any atom is 0.315 e. The first-order valence-electron chi connectivity index (χ1n) is 6.71. The van der Waals surface area contributed by atoms with Crippen molar-refractivity contribution in [2.24, 2.45) is 0 Å². The molecule has 0 bridgehead atoms. The van der Waals surface area contributed by atoms with E-state index in [0.29, 0.717) is 11.6 Å². The number of nitrogens with zero attached hydrogens (tertiary/aromatic N) is 2. The molecule has 0 radical (unpaired) electrons. The molecule has 1 aromatic heterocycles. The minimum absolute atomic E-state index is 0.256. The predicted octanol–water partition coefficient (Wildman–Crippen LogP) is 3.63. The van der Waals surface area contributed by atoms with Gasteiger partial charge in [0.15, 0.2) is 0 Å². The van der Waals surface area contributed by atoms with E-state index in [9.17, 15) is 13.6 Å². The van der Waals surface area contributed by atoms with Gasteiger partial charge in [-0.1, -0.05) is 18.2 Å². The molecule has 2 aromatic carbocycles. The lowest BCUT2D eigenvalue weighted by Gasteiger charge is -2.08. The normalized spacial score (nSPS) is 10.7. The van der Waals surface area contributed by atoms with E-state index < -0.39 is 12.3 Å². The lowest BCUT2D eigenvalue weighted by molar-refractivity contribution is -0.126. The highest BCUT2D eigenvalue weighted by molar-refractivity contribution is 5.93. The monoisotopic (exact) mass is 315 g/mol. The largest absolute Gasteiger partial charge is 0.437 e. The molecule has 0 saturated carbocycles. The molecule has 1 heterocycles. The van der Waals surface area contributed by atoms with Gasteiger partial charge in [-0.25, -0.2) is 0 Å². The third-order valence-corrected chi connectivity index (χ3v) is 3.07. The Hall–Kier alpha value is -3.09. The quantitative estimate of drug-likeness (QED) is 0.798.